The lowest BCUT2D eigenvalue weighted by Gasteiger charge is -2.19. The number of rotatable bonds is 7. The molecule has 0 aliphatic heterocycles. The van der Waals surface area contributed by atoms with Crippen LogP contribution in [0.4, 0.5) is 0 Å². The van der Waals surface area contributed by atoms with Gasteiger partial charge in [0.1, 0.15) is 0 Å². The molecule has 2 aromatic heterocycles. The van der Waals surface area contributed by atoms with Gasteiger partial charge in [-0.1, -0.05) is 32.0 Å². The average molecular weight is 393 g/mol. The Morgan fingerprint density at radius 2 is 2.27 bits per heavy atom. The largest absolute Gasteiger partial charge is 0.353 e. The fraction of sp³-hybridized carbons (Fsp3) is 0.632. The van der Waals surface area contributed by atoms with Crippen LogP contribution < -0.4 is 5.32 Å². The standard InChI is InChI=1S/C19H28N4OS2/c1-5-12(3)20-17(24)11-25-19-22-21-18(23(19)4)16-10-14-9-13(6-2)7-8-15(14)26-16/h10,12-13H,5-9,11H2,1-4H3,(H,20,24). The number of thiophene rings is 1. The van der Waals surface area contributed by atoms with Gasteiger partial charge in [0.05, 0.1) is 10.6 Å². The molecule has 0 saturated heterocycles. The lowest BCUT2D eigenvalue weighted by Crippen LogP contribution is -2.33. The molecule has 26 heavy (non-hydrogen) atoms. The third-order valence-corrected chi connectivity index (χ3v) is 7.42. The fourth-order valence-corrected chi connectivity index (χ4v) is 5.21. The van der Waals surface area contributed by atoms with E-state index in [1.807, 2.05) is 29.9 Å². The van der Waals surface area contributed by atoms with Crippen LogP contribution in [0.2, 0.25) is 0 Å². The maximum absolute atomic E-state index is 12.0. The number of hydrogen-bond donors (Lipinski definition) is 1. The summed E-state index contributed by atoms with van der Waals surface area (Å²) in [4.78, 5) is 14.7. The fourth-order valence-electron chi connectivity index (χ4n) is 3.26. The highest BCUT2D eigenvalue weighted by atomic mass is 32.2. The molecule has 5 nitrogen and oxygen atoms in total. The Labute approximate surface area is 164 Å². The zero-order valence-electron chi connectivity index (χ0n) is 16.0. The molecule has 1 N–H and O–H groups in total. The molecule has 1 amide bonds. The Hall–Kier alpha value is -1.34. The number of aryl methyl sites for hydroxylation is 1. The molecule has 1 aliphatic rings. The number of carbonyl (C=O) groups is 1. The van der Waals surface area contributed by atoms with Gasteiger partial charge in [-0.3, -0.25) is 4.79 Å². The van der Waals surface area contributed by atoms with E-state index < -0.39 is 0 Å². The third-order valence-electron chi connectivity index (χ3n) is 5.17. The van der Waals surface area contributed by atoms with E-state index in [2.05, 4.69) is 35.4 Å². The topological polar surface area (TPSA) is 59.8 Å². The van der Waals surface area contributed by atoms with Crippen molar-refractivity contribution in [2.75, 3.05) is 5.75 Å². The Morgan fingerprint density at radius 3 is 3.00 bits per heavy atom. The van der Waals surface area contributed by atoms with Crippen molar-refractivity contribution in [3.8, 4) is 10.7 Å². The summed E-state index contributed by atoms with van der Waals surface area (Å²) < 4.78 is 2.01. The molecule has 0 bridgehead atoms. The van der Waals surface area contributed by atoms with Crippen LogP contribution in [0.1, 0.15) is 50.5 Å². The first-order valence-corrected chi connectivity index (χ1v) is 11.3. The van der Waals surface area contributed by atoms with Gasteiger partial charge in [0.15, 0.2) is 11.0 Å². The molecule has 2 atom stereocenters. The quantitative estimate of drug-likeness (QED) is 0.722. The highest BCUT2D eigenvalue weighted by molar-refractivity contribution is 7.99. The van der Waals surface area contributed by atoms with Gasteiger partial charge in [-0.2, -0.15) is 0 Å². The normalized spacial score (nSPS) is 17.8. The van der Waals surface area contributed by atoms with E-state index in [1.54, 1.807) is 0 Å². The van der Waals surface area contributed by atoms with Gasteiger partial charge in [-0.05, 0) is 50.2 Å². The second kappa shape index (κ2) is 8.57. The van der Waals surface area contributed by atoms with Crippen LogP contribution in [0.5, 0.6) is 0 Å². The summed E-state index contributed by atoms with van der Waals surface area (Å²) in [5.41, 5.74) is 1.49. The smallest absolute Gasteiger partial charge is 0.230 e. The number of amides is 1. The van der Waals surface area contributed by atoms with Crippen LogP contribution in [0.3, 0.4) is 0 Å². The van der Waals surface area contributed by atoms with Gasteiger partial charge in [-0.15, -0.1) is 21.5 Å². The molecule has 2 aromatic rings. The first kappa shape index (κ1) is 19.4. The lowest BCUT2D eigenvalue weighted by atomic mass is 9.87. The summed E-state index contributed by atoms with van der Waals surface area (Å²) in [6, 6.07) is 2.51. The molecule has 2 heterocycles. The minimum atomic E-state index is 0.0473. The number of hydrogen-bond acceptors (Lipinski definition) is 5. The second-order valence-corrected chi connectivity index (χ2v) is 9.19. The van der Waals surface area contributed by atoms with Crippen LogP contribution in [0, 0.1) is 5.92 Å². The van der Waals surface area contributed by atoms with Gasteiger partial charge in [0, 0.05) is 18.0 Å². The Bertz CT molecular complexity index is 768. The van der Waals surface area contributed by atoms with Gasteiger partial charge in [0.2, 0.25) is 5.91 Å². The second-order valence-electron chi connectivity index (χ2n) is 7.11. The zero-order valence-corrected chi connectivity index (χ0v) is 17.7. The molecule has 142 valence electrons. The van der Waals surface area contributed by atoms with Crippen molar-refractivity contribution in [2.45, 2.75) is 64.1 Å². The molecular formula is C19H28N4OS2. The van der Waals surface area contributed by atoms with E-state index in [0.717, 1.165) is 23.3 Å². The summed E-state index contributed by atoms with van der Waals surface area (Å²) in [5, 5.41) is 12.5. The molecule has 0 radical (unpaired) electrons. The van der Waals surface area contributed by atoms with Gasteiger partial charge in [0.25, 0.3) is 0 Å². The number of aromatic nitrogens is 3. The van der Waals surface area contributed by atoms with E-state index in [1.165, 1.54) is 52.8 Å². The van der Waals surface area contributed by atoms with Crippen molar-refractivity contribution >= 4 is 29.0 Å². The van der Waals surface area contributed by atoms with Crippen LogP contribution in [0.25, 0.3) is 10.7 Å². The van der Waals surface area contributed by atoms with Crippen LogP contribution in [-0.4, -0.2) is 32.5 Å². The molecule has 0 spiro atoms. The van der Waals surface area contributed by atoms with E-state index >= 15 is 0 Å². The third kappa shape index (κ3) is 4.31. The molecular weight excluding hydrogens is 364 g/mol. The Morgan fingerprint density at radius 1 is 1.46 bits per heavy atom. The highest BCUT2D eigenvalue weighted by Gasteiger charge is 2.22. The first-order chi connectivity index (χ1) is 12.5. The predicted molar refractivity (Wildman–Crippen MR) is 109 cm³/mol. The Balaban J connectivity index is 1.68. The molecule has 2 unspecified atom stereocenters. The number of thioether (sulfide) groups is 1. The van der Waals surface area contributed by atoms with Crippen LogP contribution >= 0.6 is 23.1 Å². The number of fused-ring (bicyclic) bond motifs is 1. The average Bonchev–Trinajstić information content (AvgIpc) is 3.22. The van der Waals surface area contributed by atoms with Crippen molar-refractivity contribution in [1.82, 2.24) is 20.1 Å². The van der Waals surface area contributed by atoms with E-state index in [9.17, 15) is 4.79 Å². The first-order valence-electron chi connectivity index (χ1n) is 9.45. The molecule has 3 rings (SSSR count). The summed E-state index contributed by atoms with van der Waals surface area (Å²) in [6.07, 6.45) is 5.88. The van der Waals surface area contributed by atoms with Crippen molar-refractivity contribution < 1.29 is 4.79 Å². The van der Waals surface area contributed by atoms with Crippen LogP contribution in [0.15, 0.2) is 11.2 Å². The van der Waals surface area contributed by atoms with Crippen molar-refractivity contribution in [3.63, 3.8) is 0 Å². The maximum Gasteiger partial charge on any atom is 0.230 e. The van der Waals surface area contributed by atoms with Gasteiger partial charge < -0.3 is 9.88 Å². The Kier molecular flexibility index (Phi) is 6.40. The van der Waals surface area contributed by atoms with Crippen LogP contribution in [-0.2, 0) is 24.7 Å². The zero-order chi connectivity index (χ0) is 18.7. The summed E-state index contributed by atoms with van der Waals surface area (Å²) in [5.74, 6) is 2.14. The van der Waals surface area contributed by atoms with Gasteiger partial charge >= 0.3 is 0 Å². The van der Waals surface area contributed by atoms with Crippen molar-refractivity contribution in [1.29, 1.82) is 0 Å². The lowest BCUT2D eigenvalue weighted by molar-refractivity contribution is -0.119. The molecule has 0 fully saturated rings. The summed E-state index contributed by atoms with van der Waals surface area (Å²) in [6.45, 7) is 6.37. The number of nitrogens with one attached hydrogen (secondary N) is 1. The van der Waals surface area contributed by atoms with Crippen molar-refractivity contribution in [3.05, 3.63) is 16.5 Å². The molecule has 0 saturated carbocycles. The highest BCUT2D eigenvalue weighted by Crippen LogP contribution is 2.37. The molecule has 0 aromatic carbocycles. The maximum atomic E-state index is 12.0. The number of nitrogens with zero attached hydrogens (tertiary/aromatic N) is 3. The van der Waals surface area contributed by atoms with E-state index in [4.69, 9.17) is 0 Å². The predicted octanol–water partition coefficient (Wildman–Crippen LogP) is 4.07. The minimum absolute atomic E-state index is 0.0473. The van der Waals surface area contributed by atoms with E-state index in [0.29, 0.717) is 5.75 Å². The van der Waals surface area contributed by atoms with E-state index in [-0.39, 0.29) is 11.9 Å². The number of carbonyl (C=O) groups excluding carboxylic acids is 1. The van der Waals surface area contributed by atoms with Crippen molar-refractivity contribution in [2.24, 2.45) is 13.0 Å². The van der Waals surface area contributed by atoms with Gasteiger partial charge in [-0.25, -0.2) is 0 Å². The summed E-state index contributed by atoms with van der Waals surface area (Å²) in [7, 11) is 1.98. The summed E-state index contributed by atoms with van der Waals surface area (Å²) >= 11 is 3.30. The molecule has 1 aliphatic carbocycles. The molecule has 7 heteroatoms. The monoisotopic (exact) mass is 392 g/mol. The SMILES string of the molecule is CCC1CCc2sc(-c3nnc(SCC(=O)NC(C)CC)n3C)cc2C1. The minimum Gasteiger partial charge on any atom is -0.353 e.